The molecule has 1 nitrogen and oxygen atoms in total. The topological polar surface area (TPSA) is 0 Å². The molecule has 0 radical (unpaired) electrons. The van der Waals surface area contributed by atoms with Crippen LogP contribution < -0.4 is 0 Å². The van der Waals surface area contributed by atoms with Crippen molar-refractivity contribution >= 4 is 0 Å². The zero-order valence-corrected chi connectivity index (χ0v) is 15.5. The number of nitrogens with zero attached hydrogens (tertiary/aromatic N) is 1. The van der Waals surface area contributed by atoms with Crippen LogP contribution in [0.15, 0.2) is 24.3 Å². The Hall–Kier alpha value is -0.820. The highest BCUT2D eigenvalue weighted by Gasteiger charge is 2.26. The molecule has 0 bridgehead atoms. The summed E-state index contributed by atoms with van der Waals surface area (Å²) in [4.78, 5) is 0. The Balaban J connectivity index is 2.87. The van der Waals surface area contributed by atoms with E-state index < -0.39 is 0 Å². The Labute approximate surface area is 139 Å². The molecule has 0 saturated heterocycles. The second-order valence-electron chi connectivity index (χ2n) is 6.90. The molecule has 0 aliphatic heterocycles. The molecule has 126 valence electrons. The second-order valence-corrected chi connectivity index (χ2v) is 6.90. The molecule has 0 spiro atoms. The highest BCUT2D eigenvalue weighted by Crippen LogP contribution is 2.20. The van der Waals surface area contributed by atoms with Gasteiger partial charge in [-0.3, -0.25) is 0 Å². The van der Waals surface area contributed by atoms with Gasteiger partial charge in [0.25, 0.3) is 0 Å². The number of aryl methyl sites for hydroxylation is 1. The van der Waals surface area contributed by atoms with E-state index in [4.69, 9.17) is 0 Å². The first-order valence-electron chi connectivity index (χ1n) is 9.62. The summed E-state index contributed by atoms with van der Waals surface area (Å²) in [7, 11) is 0. The standard InChI is InChI=1S/C21H38N/c1-5-9-16-22(17-10-6-2,18-11-7-3)19-21-14-12-20(8-4)13-15-21/h12-15H,5-11,16-19H2,1-4H3/q+1. The van der Waals surface area contributed by atoms with Crippen LogP contribution in [0, 0.1) is 0 Å². The molecule has 0 saturated carbocycles. The van der Waals surface area contributed by atoms with Crippen molar-refractivity contribution in [2.45, 2.75) is 79.2 Å². The van der Waals surface area contributed by atoms with Gasteiger partial charge in [0.15, 0.2) is 0 Å². The van der Waals surface area contributed by atoms with Gasteiger partial charge in [0.05, 0.1) is 19.6 Å². The lowest BCUT2D eigenvalue weighted by molar-refractivity contribution is -0.941. The number of unbranched alkanes of at least 4 members (excludes halogenated alkanes) is 3. The zero-order chi connectivity index (χ0) is 16.3. The van der Waals surface area contributed by atoms with Crippen LogP contribution in [-0.2, 0) is 13.0 Å². The smallest absolute Gasteiger partial charge is 0.104 e. The number of quaternary nitrogens is 1. The molecule has 0 unspecified atom stereocenters. The third-order valence-corrected chi connectivity index (χ3v) is 4.91. The van der Waals surface area contributed by atoms with E-state index in [0.717, 1.165) is 6.42 Å². The van der Waals surface area contributed by atoms with E-state index >= 15 is 0 Å². The van der Waals surface area contributed by atoms with Crippen molar-refractivity contribution in [3.05, 3.63) is 35.4 Å². The summed E-state index contributed by atoms with van der Waals surface area (Å²) in [5, 5.41) is 0. The Morgan fingerprint density at radius 1 is 0.636 bits per heavy atom. The van der Waals surface area contributed by atoms with Crippen LogP contribution in [0.5, 0.6) is 0 Å². The number of hydrogen-bond donors (Lipinski definition) is 0. The largest absolute Gasteiger partial charge is 0.320 e. The van der Waals surface area contributed by atoms with E-state index in [-0.39, 0.29) is 0 Å². The number of benzene rings is 1. The van der Waals surface area contributed by atoms with E-state index in [1.807, 2.05) is 0 Å². The average Bonchev–Trinajstić information content (AvgIpc) is 2.56. The molecule has 1 aromatic carbocycles. The summed E-state index contributed by atoms with van der Waals surface area (Å²) in [6, 6.07) is 9.39. The van der Waals surface area contributed by atoms with Gasteiger partial charge in [-0.2, -0.15) is 0 Å². The van der Waals surface area contributed by atoms with Crippen molar-refractivity contribution in [1.82, 2.24) is 0 Å². The molecule has 22 heavy (non-hydrogen) atoms. The quantitative estimate of drug-likeness (QED) is 0.418. The highest BCUT2D eigenvalue weighted by atomic mass is 15.3. The van der Waals surface area contributed by atoms with E-state index in [1.165, 1.54) is 80.3 Å². The maximum Gasteiger partial charge on any atom is 0.104 e. The first kappa shape index (κ1) is 19.2. The van der Waals surface area contributed by atoms with Crippen LogP contribution in [0.2, 0.25) is 0 Å². The van der Waals surface area contributed by atoms with Gasteiger partial charge >= 0.3 is 0 Å². The Kier molecular flexibility index (Phi) is 9.47. The average molecular weight is 305 g/mol. The summed E-state index contributed by atoms with van der Waals surface area (Å²) >= 11 is 0. The van der Waals surface area contributed by atoms with Gasteiger partial charge < -0.3 is 4.48 Å². The predicted octanol–water partition coefficient (Wildman–Crippen LogP) is 5.97. The molecule has 1 heteroatoms. The summed E-state index contributed by atoms with van der Waals surface area (Å²) in [5.74, 6) is 0. The fourth-order valence-corrected chi connectivity index (χ4v) is 3.32. The first-order valence-corrected chi connectivity index (χ1v) is 9.62. The lowest BCUT2D eigenvalue weighted by Gasteiger charge is -2.39. The lowest BCUT2D eigenvalue weighted by Crippen LogP contribution is -2.49. The van der Waals surface area contributed by atoms with Crippen molar-refractivity contribution in [3.63, 3.8) is 0 Å². The van der Waals surface area contributed by atoms with Crippen molar-refractivity contribution in [2.24, 2.45) is 0 Å². The van der Waals surface area contributed by atoms with Crippen LogP contribution in [-0.4, -0.2) is 24.1 Å². The van der Waals surface area contributed by atoms with Crippen LogP contribution in [0.3, 0.4) is 0 Å². The number of rotatable bonds is 12. The summed E-state index contributed by atoms with van der Waals surface area (Å²) < 4.78 is 1.31. The molecular weight excluding hydrogens is 266 g/mol. The molecular formula is C21H38N+. The minimum absolute atomic E-state index is 1.14. The van der Waals surface area contributed by atoms with Crippen molar-refractivity contribution in [3.8, 4) is 0 Å². The molecule has 0 N–H and O–H groups in total. The normalized spacial score (nSPS) is 11.8. The van der Waals surface area contributed by atoms with Crippen LogP contribution >= 0.6 is 0 Å². The fraction of sp³-hybridized carbons (Fsp3) is 0.714. The molecule has 0 amide bonds. The van der Waals surface area contributed by atoms with Crippen molar-refractivity contribution in [2.75, 3.05) is 19.6 Å². The Morgan fingerprint density at radius 3 is 1.41 bits per heavy atom. The lowest BCUT2D eigenvalue weighted by atomic mass is 10.1. The molecule has 0 atom stereocenters. The van der Waals surface area contributed by atoms with Crippen LogP contribution in [0.4, 0.5) is 0 Å². The summed E-state index contributed by atoms with van der Waals surface area (Å²) in [6.07, 6.45) is 9.16. The summed E-state index contributed by atoms with van der Waals surface area (Å²) in [5.41, 5.74) is 2.98. The minimum Gasteiger partial charge on any atom is -0.320 e. The van der Waals surface area contributed by atoms with Gasteiger partial charge in [0, 0.05) is 5.56 Å². The van der Waals surface area contributed by atoms with Gasteiger partial charge in [-0.1, -0.05) is 71.2 Å². The van der Waals surface area contributed by atoms with Gasteiger partial charge in [0.2, 0.25) is 0 Å². The molecule has 0 aliphatic rings. The highest BCUT2D eigenvalue weighted by molar-refractivity contribution is 5.21. The predicted molar refractivity (Wildman–Crippen MR) is 99.1 cm³/mol. The van der Waals surface area contributed by atoms with Crippen LogP contribution in [0.1, 0.15) is 77.3 Å². The van der Waals surface area contributed by atoms with E-state index in [2.05, 4.69) is 52.0 Å². The maximum atomic E-state index is 2.37. The molecule has 0 fully saturated rings. The van der Waals surface area contributed by atoms with Gasteiger partial charge in [0.1, 0.15) is 6.54 Å². The molecule has 1 rings (SSSR count). The fourth-order valence-electron chi connectivity index (χ4n) is 3.32. The van der Waals surface area contributed by atoms with E-state index in [0.29, 0.717) is 0 Å². The van der Waals surface area contributed by atoms with Gasteiger partial charge in [-0.05, 0) is 31.2 Å². The van der Waals surface area contributed by atoms with Gasteiger partial charge in [-0.25, -0.2) is 0 Å². The molecule has 0 aromatic heterocycles. The van der Waals surface area contributed by atoms with Crippen molar-refractivity contribution < 1.29 is 4.48 Å². The van der Waals surface area contributed by atoms with E-state index in [9.17, 15) is 0 Å². The molecule has 0 heterocycles. The maximum absolute atomic E-state index is 2.37. The van der Waals surface area contributed by atoms with Crippen molar-refractivity contribution in [1.29, 1.82) is 0 Å². The zero-order valence-electron chi connectivity index (χ0n) is 15.5. The monoisotopic (exact) mass is 304 g/mol. The molecule has 0 aliphatic carbocycles. The Morgan fingerprint density at radius 2 is 1.05 bits per heavy atom. The minimum atomic E-state index is 1.14. The summed E-state index contributed by atoms with van der Waals surface area (Å²) in [6.45, 7) is 14.5. The molecule has 1 aromatic rings. The first-order chi connectivity index (χ1) is 10.7. The van der Waals surface area contributed by atoms with Crippen LogP contribution in [0.25, 0.3) is 0 Å². The number of hydrogen-bond acceptors (Lipinski definition) is 0. The SMILES string of the molecule is CCCC[N+](CCCC)(CCCC)Cc1ccc(CC)cc1. The third-order valence-electron chi connectivity index (χ3n) is 4.91. The second kappa shape index (κ2) is 10.8. The Bertz CT molecular complexity index is 358. The van der Waals surface area contributed by atoms with Gasteiger partial charge in [-0.15, -0.1) is 0 Å². The third kappa shape index (κ3) is 6.52. The van der Waals surface area contributed by atoms with E-state index in [1.54, 1.807) is 0 Å².